The summed E-state index contributed by atoms with van der Waals surface area (Å²) in [5, 5.41) is 8.08. The average molecular weight is 595 g/mol. The van der Waals surface area contributed by atoms with Crippen LogP contribution in [0.2, 0.25) is 16.6 Å². The molecule has 0 saturated carbocycles. The van der Waals surface area contributed by atoms with Crippen LogP contribution < -0.4 is 25.1 Å². The summed E-state index contributed by atoms with van der Waals surface area (Å²) in [6.07, 6.45) is 0.519. The Hall–Kier alpha value is -3.86. The second-order valence-electron chi connectivity index (χ2n) is 12.0. The molecule has 4 rings (SSSR count). The van der Waals surface area contributed by atoms with Gasteiger partial charge < -0.3 is 24.7 Å². The summed E-state index contributed by atoms with van der Waals surface area (Å²) >= 11 is 0. The van der Waals surface area contributed by atoms with Crippen LogP contribution in [0.3, 0.4) is 0 Å². The van der Waals surface area contributed by atoms with Crippen LogP contribution in [0, 0.1) is 0 Å². The molecule has 5 amide bonds. The van der Waals surface area contributed by atoms with Gasteiger partial charge in [-0.05, 0) is 52.4 Å². The zero-order valence-electron chi connectivity index (χ0n) is 25.5. The van der Waals surface area contributed by atoms with E-state index in [4.69, 9.17) is 9.16 Å². The maximum atomic E-state index is 12.9. The SMILES string of the molecule is COc1ccc(NC(=O)NCc2ccc3c(c2)CN(C2CCC(=O)NC2=O)C3=O)cc1O[Si](C(C)C)(C(C)C)C(C)C. The lowest BCUT2D eigenvalue weighted by Crippen LogP contribution is -2.52. The van der Waals surface area contributed by atoms with Gasteiger partial charge in [0.25, 0.3) is 14.2 Å². The molecule has 0 aliphatic carbocycles. The number of methoxy groups -OCH3 is 1. The van der Waals surface area contributed by atoms with Crippen LogP contribution >= 0.6 is 0 Å². The number of nitrogens with zero attached hydrogens (tertiary/aromatic N) is 1. The summed E-state index contributed by atoms with van der Waals surface area (Å²) in [6.45, 7) is 13.8. The summed E-state index contributed by atoms with van der Waals surface area (Å²) < 4.78 is 12.4. The minimum absolute atomic E-state index is 0.207. The highest BCUT2D eigenvalue weighted by Crippen LogP contribution is 2.45. The first-order chi connectivity index (χ1) is 19.9. The number of amides is 5. The fourth-order valence-corrected chi connectivity index (χ4v) is 11.7. The summed E-state index contributed by atoms with van der Waals surface area (Å²) in [5.41, 5.74) is 3.85. The van der Waals surface area contributed by atoms with Gasteiger partial charge in [-0.3, -0.25) is 19.7 Å². The second kappa shape index (κ2) is 12.6. The highest BCUT2D eigenvalue weighted by atomic mass is 28.4. The molecule has 1 unspecified atom stereocenters. The van der Waals surface area contributed by atoms with Gasteiger partial charge in [-0.2, -0.15) is 0 Å². The molecule has 2 aromatic rings. The highest BCUT2D eigenvalue weighted by molar-refractivity contribution is 6.78. The van der Waals surface area contributed by atoms with Gasteiger partial charge in [-0.15, -0.1) is 0 Å². The summed E-state index contributed by atoms with van der Waals surface area (Å²) in [6, 6.07) is 9.73. The van der Waals surface area contributed by atoms with Crippen molar-refractivity contribution >= 4 is 37.8 Å². The van der Waals surface area contributed by atoms with Crippen LogP contribution in [0.1, 0.15) is 75.9 Å². The molecular weight excluding hydrogens is 552 g/mol. The Balaban J connectivity index is 1.41. The lowest BCUT2D eigenvalue weighted by Gasteiger charge is -2.42. The molecule has 42 heavy (non-hydrogen) atoms. The van der Waals surface area contributed by atoms with Crippen molar-refractivity contribution in [3.63, 3.8) is 0 Å². The van der Waals surface area contributed by atoms with Gasteiger partial charge in [0, 0.05) is 36.8 Å². The Bertz CT molecular complexity index is 1350. The molecule has 2 aliphatic rings. The number of hydrogen-bond donors (Lipinski definition) is 3. The predicted molar refractivity (Wildman–Crippen MR) is 163 cm³/mol. The number of imide groups is 1. The van der Waals surface area contributed by atoms with Crippen molar-refractivity contribution in [3.8, 4) is 11.5 Å². The summed E-state index contributed by atoms with van der Waals surface area (Å²) in [4.78, 5) is 51.1. The number of anilines is 1. The molecule has 226 valence electrons. The van der Waals surface area contributed by atoms with Gasteiger partial charge in [0.1, 0.15) is 11.8 Å². The molecule has 1 atom stereocenters. The van der Waals surface area contributed by atoms with E-state index in [1.165, 1.54) is 4.90 Å². The molecule has 0 radical (unpaired) electrons. The van der Waals surface area contributed by atoms with Crippen LogP contribution in [-0.2, 0) is 22.7 Å². The van der Waals surface area contributed by atoms with E-state index >= 15 is 0 Å². The van der Waals surface area contributed by atoms with E-state index in [-0.39, 0.29) is 37.4 Å². The van der Waals surface area contributed by atoms with Gasteiger partial charge in [-0.25, -0.2) is 4.79 Å². The lowest BCUT2D eigenvalue weighted by molar-refractivity contribution is -0.136. The minimum Gasteiger partial charge on any atom is -0.540 e. The van der Waals surface area contributed by atoms with Crippen molar-refractivity contribution in [1.82, 2.24) is 15.5 Å². The number of hydrogen-bond acceptors (Lipinski definition) is 6. The number of nitrogens with one attached hydrogen (secondary N) is 3. The zero-order chi connectivity index (χ0) is 30.8. The Morgan fingerprint density at radius 3 is 2.31 bits per heavy atom. The van der Waals surface area contributed by atoms with Crippen LogP contribution in [0.4, 0.5) is 10.5 Å². The maximum Gasteiger partial charge on any atom is 0.319 e. The van der Waals surface area contributed by atoms with Crippen LogP contribution in [0.25, 0.3) is 0 Å². The average Bonchev–Trinajstić information content (AvgIpc) is 3.25. The van der Waals surface area contributed by atoms with Crippen LogP contribution in [0.15, 0.2) is 36.4 Å². The van der Waals surface area contributed by atoms with E-state index < -0.39 is 20.3 Å². The van der Waals surface area contributed by atoms with E-state index in [1.807, 2.05) is 12.1 Å². The Labute approximate surface area is 248 Å². The first-order valence-corrected chi connectivity index (χ1v) is 16.7. The van der Waals surface area contributed by atoms with Gasteiger partial charge >= 0.3 is 6.03 Å². The third-order valence-corrected chi connectivity index (χ3v) is 14.4. The smallest absolute Gasteiger partial charge is 0.319 e. The molecular formula is C31H42N4O6Si. The highest BCUT2D eigenvalue weighted by Gasteiger charge is 2.47. The van der Waals surface area contributed by atoms with Crippen molar-refractivity contribution in [2.24, 2.45) is 0 Å². The monoisotopic (exact) mass is 594 g/mol. The van der Waals surface area contributed by atoms with E-state index in [0.29, 0.717) is 45.8 Å². The topological polar surface area (TPSA) is 126 Å². The Morgan fingerprint density at radius 2 is 1.69 bits per heavy atom. The quantitative estimate of drug-likeness (QED) is 0.252. The van der Waals surface area contributed by atoms with E-state index in [0.717, 1.165) is 11.1 Å². The molecule has 3 N–H and O–H groups in total. The van der Waals surface area contributed by atoms with Gasteiger partial charge in [0.2, 0.25) is 11.8 Å². The van der Waals surface area contributed by atoms with Crippen molar-refractivity contribution in [3.05, 3.63) is 53.1 Å². The minimum atomic E-state index is -2.25. The summed E-state index contributed by atoms with van der Waals surface area (Å²) in [7, 11) is -0.637. The van der Waals surface area contributed by atoms with Crippen molar-refractivity contribution in [1.29, 1.82) is 0 Å². The normalized spacial score (nSPS) is 17.0. The predicted octanol–water partition coefficient (Wildman–Crippen LogP) is 5.33. The standard InChI is InChI=1S/C31H42N4O6Si/c1-18(2)42(19(3)4,20(5)6)41-27-15-23(9-12-26(27)40-7)33-31(39)32-16-21-8-10-24-22(14-21)17-35(30(24)38)25-11-13-28(36)34-29(25)37/h8-10,12,14-15,18-20,25H,11,13,16-17H2,1-7H3,(H2,32,33,39)(H,34,36,37). The third-order valence-electron chi connectivity index (χ3n) is 8.46. The molecule has 2 aliphatic heterocycles. The first kappa shape index (κ1) is 31.1. The second-order valence-corrected chi connectivity index (χ2v) is 17.4. The number of ether oxygens (including phenoxy) is 1. The molecule has 0 aromatic heterocycles. The van der Waals surface area contributed by atoms with Crippen LogP contribution in [0.5, 0.6) is 11.5 Å². The van der Waals surface area contributed by atoms with Crippen molar-refractivity contribution in [2.45, 2.75) is 90.1 Å². The molecule has 11 heteroatoms. The first-order valence-electron chi connectivity index (χ1n) is 14.6. The number of benzene rings is 2. The number of fused-ring (bicyclic) bond motifs is 1. The molecule has 1 fully saturated rings. The number of rotatable bonds is 10. The molecule has 0 bridgehead atoms. The zero-order valence-corrected chi connectivity index (χ0v) is 26.5. The lowest BCUT2D eigenvalue weighted by atomic mass is 10.0. The Morgan fingerprint density at radius 1 is 1.00 bits per heavy atom. The number of carbonyl (C=O) groups excluding carboxylic acids is 4. The fraction of sp³-hybridized carbons (Fsp3) is 0.484. The third kappa shape index (κ3) is 6.16. The van der Waals surface area contributed by atoms with E-state index in [2.05, 4.69) is 57.5 Å². The van der Waals surface area contributed by atoms with Gasteiger partial charge in [0.15, 0.2) is 5.75 Å². The van der Waals surface area contributed by atoms with Crippen molar-refractivity contribution < 1.29 is 28.3 Å². The molecule has 2 aromatic carbocycles. The van der Waals surface area contributed by atoms with Crippen molar-refractivity contribution in [2.75, 3.05) is 12.4 Å². The van der Waals surface area contributed by atoms with Crippen LogP contribution in [-0.4, -0.2) is 50.1 Å². The molecule has 10 nitrogen and oxygen atoms in total. The summed E-state index contributed by atoms with van der Waals surface area (Å²) in [5.74, 6) is 0.264. The Kier molecular flexibility index (Phi) is 9.30. The molecule has 1 saturated heterocycles. The maximum absolute atomic E-state index is 12.9. The molecule has 2 heterocycles. The van der Waals surface area contributed by atoms with E-state index in [9.17, 15) is 19.2 Å². The fourth-order valence-electron chi connectivity index (χ4n) is 6.47. The number of urea groups is 1. The van der Waals surface area contributed by atoms with E-state index in [1.54, 1.807) is 31.4 Å². The molecule has 0 spiro atoms. The van der Waals surface area contributed by atoms with Gasteiger partial charge in [0.05, 0.1) is 7.11 Å². The largest absolute Gasteiger partial charge is 0.540 e. The van der Waals surface area contributed by atoms with Gasteiger partial charge in [-0.1, -0.05) is 53.7 Å². The number of carbonyl (C=O) groups is 4. The number of piperidine rings is 1.